The fourth-order valence-electron chi connectivity index (χ4n) is 2.95. The van der Waals surface area contributed by atoms with E-state index in [1.807, 2.05) is 0 Å². The van der Waals surface area contributed by atoms with Crippen molar-refractivity contribution in [1.82, 2.24) is 10.2 Å². The predicted molar refractivity (Wildman–Crippen MR) is 99.3 cm³/mol. The van der Waals surface area contributed by atoms with E-state index in [0.29, 0.717) is 5.56 Å². The number of amides is 3. The third kappa shape index (κ3) is 3.83. The van der Waals surface area contributed by atoms with Gasteiger partial charge in [0.1, 0.15) is 17.9 Å². The summed E-state index contributed by atoms with van der Waals surface area (Å²) in [6.45, 7) is 1.38. The van der Waals surface area contributed by atoms with E-state index in [4.69, 9.17) is 4.74 Å². The Kier molecular flexibility index (Phi) is 5.13. The zero-order valence-electron chi connectivity index (χ0n) is 15.2. The van der Waals surface area contributed by atoms with Crippen LogP contribution < -0.4 is 10.1 Å². The van der Waals surface area contributed by atoms with Crippen molar-refractivity contribution in [1.29, 1.82) is 0 Å². The molecule has 0 bridgehead atoms. The van der Waals surface area contributed by atoms with Crippen LogP contribution in [0.5, 0.6) is 5.75 Å². The highest BCUT2D eigenvalue weighted by Crippen LogP contribution is 2.30. The lowest BCUT2D eigenvalue weighted by atomic mass is 9.92. The van der Waals surface area contributed by atoms with Crippen LogP contribution in [0.15, 0.2) is 48.5 Å². The fourth-order valence-corrected chi connectivity index (χ4v) is 2.95. The van der Waals surface area contributed by atoms with Crippen LogP contribution in [0.2, 0.25) is 0 Å². The number of nitrogens with zero attached hydrogens (tertiary/aromatic N) is 3. The Bertz CT molecular complexity index is 992. The number of urea groups is 1. The molecule has 1 atom stereocenters. The molecule has 0 radical (unpaired) electrons. The highest BCUT2D eigenvalue weighted by Gasteiger charge is 2.48. The topological polar surface area (TPSA) is 145 Å². The largest absolute Gasteiger partial charge is 0.491 e. The average Bonchev–Trinajstić information content (AvgIpc) is 2.92. The molecule has 0 saturated carbocycles. The van der Waals surface area contributed by atoms with E-state index in [1.165, 1.54) is 55.5 Å². The maximum absolute atomic E-state index is 12.8. The van der Waals surface area contributed by atoms with Crippen molar-refractivity contribution in [2.75, 3.05) is 13.2 Å². The number of carbonyl (C=O) groups is 2. The summed E-state index contributed by atoms with van der Waals surface area (Å²) in [7, 11) is 0. The number of nitro benzene ring substituents is 2. The fraction of sp³-hybridized carbons (Fsp3) is 0.222. The SMILES string of the molecule is C[C@@]1(c2ccc([N+](=O)[O-])cc2)NC(=O)N(CCOc2cccc([N+](=O)[O-])c2)C1=O. The van der Waals surface area contributed by atoms with Crippen LogP contribution in [-0.2, 0) is 10.3 Å². The van der Waals surface area contributed by atoms with E-state index in [2.05, 4.69) is 5.32 Å². The van der Waals surface area contributed by atoms with Crippen LogP contribution in [0, 0.1) is 20.2 Å². The Morgan fingerprint density at radius 2 is 1.69 bits per heavy atom. The zero-order valence-corrected chi connectivity index (χ0v) is 15.2. The lowest BCUT2D eigenvalue weighted by Gasteiger charge is -2.22. The van der Waals surface area contributed by atoms with Crippen LogP contribution in [0.3, 0.4) is 0 Å². The lowest BCUT2D eigenvalue weighted by Crippen LogP contribution is -2.41. The Hall–Kier alpha value is -4.02. The molecule has 1 aliphatic rings. The van der Waals surface area contributed by atoms with Crippen LogP contribution in [0.1, 0.15) is 12.5 Å². The van der Waals surface area contributed by atoms with Crippen molar-refractivity contribution < 1.29 is 24.2 Å². The molecule has 1 heterocycles. The van der Waals surface area contributed by atoms with Gasteiger partial charge in [-0.2, -0.15) is 0 Å². The quantitative estimate of drug-likeness (QED) is 0.426. The minimum absolute atomic E-state index is 0.0589. The number of nitro groups is 2. The van der Waals surface area contributed by atoms with E-state index in [1.54, 1.807) is 0 Å². The van der Waals surface area contributed by atoms with Gasteiger partial charge in [-0.3, -0.25) is 29.9 Å². The summed E-state index contributed by atoms with van der Waals surface area (Å²) in [4.78, 5) is 46.5. The Morgan fingerprint density at radius 3 is 2.31 bits per heavy atom. The summed E-state index contributed by atoms with van der Waals surface area (Å²) in [5.74, 6) is -0.289. The summed E-state index contributed by atoms with van der Waals surface area (Å²) in [6.07, 6.45) is 0. The molecule has 0 unspecified atom stereocenters. The molecular weight excluding hydrogens is 384 g/mol. The van der Waals surface area contributed by atoms with Crippen LogP contribution in [0.25, 0.3) is 0 Å². The van der Waals surface area contributed by atoms with Gasteiger partial charge in [0.15, 0.2) is 0 Å². The van der Waals surface area contributed by atoms with E-state index in [9.17, 15) is 29.8 Å². The van der Waals surface area contributed by atoms with Crippen molar-refractivity contribution in [2.45, 2.75) is 12.5 Å². The van der Waals surface area contributed by atoms with Crippen molar-refractivity contribution in [3.63, 3.8) is 0 Å². The number of carbonyl (C=O) groups excluding carboxylic acids is 2. The van der Waals surface area contributed by atoms with Crippen molar-refractivity contribution >= 4 is 23.3 Å². The molecule has 1 saturated heterocycles. The molecule has 3 amide bonds. The molecule has 1 fully saturated rings. The van der Waals surface area contributed by atoms with Crippen molar-refractivity contribution in [3.05, 3.63) is 74.3 Å². The van der Waals surface area contributed by atoms with Gasteiger partial charge in [-0.1, -0.05) is 6.07 Å². The maximum atomic E-state index is 12.8. The second kappa shape index (κ2) is 7.54. The molecule has 1 aliphatic heterocycles. The number of imide groups is 1. The van der Waals surface area contributed by atoms with E-state index >= 15 is 0 Å². The van der Waals surface area contributed by atoms with Crippen molar-refractivity contribution in [2.24, 2.45) is 0 Å². The molecule has 0 spiro atoms. The van der Waals surface area contributed by atoms with Gasteiger partial charge >= 0.3 is 6.03 Å². The number of benzene rings is 2. The van der Waals surface area contributed by atoms with Gasteiger partial charge in [-0.05, 0) is 30.7 Å². The Balaban J connectivity index is 1.68. The highest BCUT2D eigenvalue weighted by atomic mass is 16.6. The average molecular weight is 400 g/mol. The number of non-ortho nitro benzene ring substituents is 2. The van der Waals surface area contributed by atoms with Gasteiger partial charge in [0.2, 0.25) is 0 Å². The number of hydrogen-bond acceptors (Lipinski definition) is 7. The molecule has 1 N–H and O–H groups in total. The molecule has 3 rings (SSSR count). The third-order valence-electron chi connectivity index (χ3n) is 4.54. The second-order valence-corrected chi connectivity index (χ2v) is 6.42. The van der Waals surface area contributed by atoms with Gasteiger partial charge in [-0.25, -0.2) is 4.79 Å². The second-order valence-electron chi connectivity index (χ2n) is 6.42. The number of ether oxygens (including phenoxy) is 1. The first-order valence-electron chi connectivity index (χ1n) is 8.48. The molecule has 2 aromatic rings. The van der Waals surface area contributed by atoms with E-state index < -0.39 is 27.3 Å². The Labute approximate surface area is 164 Å². The first kappa shape index (κ1) is 19.7. The van der Waals surface area contributed by atoms with Crippen LogP contribution in [0.4, 0.5) is 16.2 Å². The van der Waals surface area contributed by atoms with Crippen LogP contribution in [-0.4, -0.2) is 39.8 Å². The summed E-state index contributed by atoms with van der Waals surface area (Å²) in [5.41, 5.74) is -1.22. The minimum Gasteiger partial charge on any atom is -0.491 e. The standard InChI is InChI=1S/C18H16N4O7/c1-18(12-5-7-13(8-6-12)21(25)26)16(23)20(17(24)19-18)9-10-29-15-4-2-3-14(11-15)22(27)28/h2-8,11H,9-10H2,1H3,(H,19,24)/t18-/m0/s1. The first-order chi connectivity index (χ1) is 13.7. The molecule has 29 heavy (non-hydrogen) atoms. The monoisotopic (exact) mass is 400 g/mol. The molecule has 0 aliphatic carbocycles. The normalized spacial score (nSPS) is 18.4. The summed E-state index contributed by atoms with van der Waals surface area (Å²) >= 11 is 0. The van der Waals surface area contributed by atoms with Gasteiger partial charge in [0.25, 0.3) is 17.3 Å². The Morgan fingerprint density at radius 1 is 1.03 bits per heavy atom. The number of rotatable bonds is 7. The third-order valence-corrected chi connectivity index (χ3v) is 4.54. The highest BCUT2D eigenvalue weighted by molar-refractivity contribution is 6.07. The summed E-state index contributed by atoms with van der Waals surface area (Å²) < 4.78 is 5.42. The minimum atomic E-state index is -1.36. The molecular formula is C18H16N4O7. The molecule has 0 aromatic heterocycles. The molecule has 150 valence electrons. The molecule has 11 nitrogen and oxygen atoms in total. The molecule has 2 aromatic carbocycles. The van der Waals surface area contributed by atoms with E-state index in [-0.39, 0.29) is 30.3 Å². The smallest absolute Gasteiger partial charge is 0.325 e. The first-order valence-corrected chi connectivity index (χ1v) is 8.48. The van der Waals surface area contributed by atoms with Gasteiger partial charge in [0.05, 0.1) is 22.5 Å². The van der Waals surface area contributed by atoms with Gasteiger partial charge in [-0.15, -0.1) is 0 Å². The predicted octanol–water partition coefficient (Wildman–Crippen LogP) is 2.35. The van der Waals surface area contributed by atoms with Gasteiger partial charge < -0.3 is 10.1 Å². The molecule has 11 heteroatoms. The van der Waals surface area contributed by atoms with Crippen LogP contribution >= 0.6 is 0 Å². The van der Waals surface area contributed by atoms with Gasteiger partial charge in [0, 0.05) is 18.2 Å². The maximum Gasteiger partial charge on any atom is 0.325 e. The zero-order chi connectivity index (χ0) is 21.2. The number of nitrogens with one attached hydrogen (secondary N) is 1. The van der Waals surface area contributed by atoms with Crippen molar-refractivity contribution in [3.8, 4) is 5.75 Å². The number of hydrogen-bond donors (Lipinski definition) is 1. The van der Waals surface area contributed by atoms with E-state index in [0.717, 1.165) is 4.90 Å². The summed E-state index contributed by atoms with van der Waals surface area (Å²) in [6, 6.07) is 10.3. The lowest BCUT2D eigenvalue weighted by molar-refractivity contribution is -0.385. The summed E-state index contributed by atoms with van der Waals surface area (Å²) in [5, 5.41) is 24.2.